The summed E-state index contributed by atoms with van der Waals surface area (Å²) in [5.41, 5.74) is 0. The summed E-state index contributed by atoms with van der Waals surface area (Å²) in [6.45, 7) is 3.90. The van der Waals surface area contributed by atoms with E-state index in [1.807, 2.05) is 25.9 Å². The van der Waals surface area contributed by atoms with Crippen LogP contribution in [-0.4, -0.2) is 56.0 Å². The van der Waals surface area contributed by atoms with Gasteiger partial charge in [0.1, 0.15) is 4.66 Å². The van der Waals surface area contributed by atoms with Gasteiger partial charge in [-0.05, 0) is 20.5 Å². The van der Waals surface area contributed by atoms with Crippen LogP contribution in [0.3, 0.4) is 0 Å². The molecule has 0 spiro atoms. The summed E-state index contributed by atoms with van der Waals surface area (Å²) in [6.07, 6.45) is 0.847. The van der Waals surface area contributed by atoms with Gasteiger partial charge in [-0.1, -0.05) is 22.9 Å². The van der Waals surface area contributed by atoms with Crippen molar-refractivity contribution in [3.63, 3.8) is 0 Å². The molecule has 6 heteroatoms. The zero-order chi connectivity index (χ0) is 11.2. The van der Waals surface area contributed by atoms with E-state index in [1.54, 1.807) is 0 Å². The van der Waals surface area contributed by atoms with Crippen molar-refractivity contribution in [1.29, 1.82) is 0 Å². The van der Waals surface area contributed by atoms with E-state index in [1.165, 1.54) is 4.31 Å². The van der Waals surface area contributed by atoms with Crippen LogP contribution in [0.4, 0.5) is 0 Å². The highest BCUT2D eigenvalue weighted by Gasteiger charge is 2.19. The van der Waals surface area contributed by atoms with Gasteiger partial charge in [-0.15, -0.1) is 0 Å². The summed E-state index contributed by atoms with van der Waals surface area (Å²) < 4.78 is 24.7. The Morgan fingerprint density at radius 2 is 1.71 bits per heavy atom. The Bertz CT molecular complexity index is 242. The van der Waals surface area contributed by atoms with Crippen molar-refractivity contribution < 1.29 is 8.42 Å². The van der Waals surface area contributed by atoms with E-state index in [4.69, 9.17) is 0 Å². The number of halogens is 1. The summed E-state index contributed by atoms with van der Waals surface area (Å²) in [4.78, 5) is 1.98. The molecule has 0 aliphatic heterocycles. The van der Waals surface area contributed by atoms with E-state index in [0.717, 1.165) is 13.0 Å². The maximum absolute atomic E-state index is 11.6. The van der Waals surface area contributed by atoms with Crippen molar-refractivity contribution >= 4 is 26.0 Å². The second-order valence-corrected chi connectivity index (χ2v) is 6.70. The third kappa shape index (κ3) is 5.29. The summed E-state index contributed by atoms with van der Waals surface area (Å²) in [5, 5.41) is 0. The van der Waals surface area contributed by atoms with Crippen molar-refractivity contribution in [2.45, 2.75) is 13.3 Å². The molecule has 0 saturated carbocycles. The van der Waals surface area contributed by atoms with E-state index < -0.39 is 10.0 Å². The molecule has 0 rings (SSSR count). The lowest BCUT2D eigenvalue weighted by molar-refractivity contribution is 0.334. The first-order valence-corrected chi connectivity index (χ1v) is 7.35. The van der Waals surface area contributed by atoms with E-state index in [0.29, 0.717) is 13.1 Å². The molecule has 0 amide bonds. The molecular weight excluding hydrogens is 268 g/mol. The number of hydrogen-bond donors (Lipinski definition) is 0. The number of hydrogen-bond acceptors (Lipinski definition) is 3. The fourth-order valence-electron chi connectivity index (χ4n) is 1.02. The molecule has 0 fully saturated rings. The Hall–Kier alpha value is 0.350. The summed E-state index contributed by atoms with van der Waals surface area (Å²) >= 11 is 3.01. The molecule has 0 aromatic heterocycles. The smallest absolute Gasteiger partial charge is 0.224 e. The van der Waals surface area contributed by atoms with Gasteiger partial charge >= 0.3 is 0 Å². The van der Waals surface area contributed by atoms with Crippen molar-refractivity contribution in [3.8, 4) is 0 Å². The quantitative estimate of drug-likeness (QED) is 0.654. The molecule has 0 bridgehead atoms. The zero-order valence-corrected chi connectivity index (χ0v) is 11.4. The van der Waals surface area contributed by atoms with Crippen molar-refractivity contribution in [2.24, 2.45) is 0 Å². The van der Waals surface area contributed by atoms with Crippen LogP contribution in [0.5, 0.6) is 0 Å². The lowest BCUT2D eigenvalue weighted by Gasteiger charge is -2.22. The minimum Gasteiger partial charge on any atom is -0.308 e. The van der Waals surface area contributed by atoms with Crippen LogP contribution in [0.25, 0.3) is 0 Å². The zero-order valence-electron chi connectivity index (χ0n) is 9.03. The van der Waals surface area contributed by atoms with Crippen LogP contribution in [0.1, 0.15) is 13.3 Å². The second kappa shape index (κ2) is 6.76. The first-order valence-electron chi connectivity index (χ1n) is 4.62. The van der Waals surface area contributed by atoms with Crippen LogP contribution in [0.2, 0.25) is 0 Å². The molecule has 0 atom stereocenters. The highest BCUT2D eigenvalue weighted by molar-refractivity contribution is 9.10. The van der Waals surface area contributed by atoms with E-state index >= 15 is 0 Å². The van der Waals surface area contributed by atoms with Gasteiger partial charge in [-0.25, -0.2) is 8.42 Å². The predicted octanol–water partition coefficient (Wildman–Crippen LogP) is 0.942. The third-order valence-corrected chi connectivity index (χ3v) is 4.96. The average molecular weight is 287 g/mol. The third-order valence-electron chi connectivity index (χ3n) is 1.80. The Morgan fingerprint density at radius 1 is 1.14 bits per heavy atom. The van der Waals surface area contributed by atoms with Crippen molar-refractivity contribution in [3.05, 3.63) is 0 Å². The summed E-state index contributed by atoms with van der Waals surface area (Å²) in [6, 6.07) is 0. The summed E-state index contributed by atoms with van der Waals surface area (Å²) in [7, 11) is 0.776. The maximum atomic E-state index is 11.6. The van der Waals surface area contributed by atoms with Gasteiger partial charge in [0.15, 0.2) is 0 Å². The second-order valence-electron chi connectivity index (χ2n) is 3.42. The van der Waals surface area contributed by atoms with Crippen LogP contribution in [0, 0.1) is 0 Å². The normalized spacial score (nSPS) is 12.7. The van der Waals surface area contributed by atoms with E-state index in [-0.39, 0.29) is 4.66 Å². The van der Waals surface area contributed by atoms with Crippen molar-refractivity contribution in [2.75, 3.05) is 38.4 Å². The molecule has 4 nitrogen and oxygen atoms in total. The lowest BCUT2D eigenvalue weighted by Crippen LogP contribution is -2.37. The molecular formula is C8H19BrN2O2S. The summed E-state index contributed by atoms with van der Waals surface area (Å²) in [5.74, 6) is 0. The highest BCUT2D eigenvalue weighted by atomic mass is 79.9. The van der Waals surface area contributed by atoms with Gasteiger partial charge in [0.05, 0.1) is 0 Å². The predicted molar refractivity (Wildman–Crippen MR) is 63.1 cm³/mol. The number of alkyl halides is 1. The van der Waals surface area contributed by atoms with Gasteiger partial charge in [0.25, 0.3) is 0 Å². The number of nitrogens with zero attached hydrogens (tertiary/aromatic N) is 2. The molecule has 0 saturated heterocycles. The van der Waals surface area contributed by atoms with Crippen LogP contribution in [0.15, 0.2) is 0 Å². The molecule has 0 aliphatic carbocycles. The van der Waals surface area contributed by atoms with Gasteiger partial charge < -0.3 is 4.90 Å². The maximum Gasteiger partial charge on any atom is 0.224 e. The van der Waals surface area contributed by atoms with Gasteiger partial charge in [0, 0.05) is 19.6 Å². The molecule has 0 aliphatic rings. The minimum absolute atomic E-state index is 0.00737. The number of likely N-dealkylation sites (N-methyl/N-ethyl adjacent to an activating group) is 1. The first kappa shape index (κ1) is 14.3. The molecule has 0 aromatic carbocycles. The Balaban J connectivity index is 4.29. The Morgan fingerprint density at radius 3 is 2.07 bits per heavy atom. The van der Waals surface area contributed by atoms with Gasteiger partial charge in [-0.3, -0.25) is 0 Å². The SMILES string of the molecule is CCCN(CCN(C)C)S(=O)(=O)CBr. The number of sulfonamides is 1. The van der Waals surface area contributed by atoms with Crippen LogP contribution in [-0.2, 0) is 10.0 Å². The number of rotatable bonds is 7. The molecule has 0 aromatic rings. The van der Waals surface area contributed by atoms with Crippen molar-refractivity contribution in [1.82, 2.24) is 9.21 Å². The topological polar surface area (TPSA) is 40.6 Å². The molecule has 0 heterocycles. The fourth-order valence-corrected chi connectivity index (χ4v) is 2.85. The van der Waals surface area contributed by atoms with Crippen LogP contribution < -0.4 is 0 Å². The highest BCUT2D eigenvalue weighted by Crippen LogP contribution is 2.05. The minimum atomic E-state index is -3.09. The fraction of sp³-hybridized carbons (Fsp3) is 1.00. The van der Waals surface area contributed by atoms with Gasteiger partial charge in [-0.2, -0.15) is 4.31 Å². The molecule has 14 heavy (non-hydrogen) atoms. The Kier molecular flexibility index (Phi) is 6.93. The molecule has 0 unspecified atom stereocenters. The molecule has 0 N–H and O–H groups in total. The first-order chi connectivity index (χ1) is 6.44. The molecule has 0 radical (unpaired) electrons. The van der Waals surface area contributed by atoms with E-state index in [2.05, 4.69) is 15.9 Å². The van der Waals surface area contributed by atoms with Crippen LogP contribution >= 0.6 is 15.9 Å². The molecule has 86 valence electrons. The monoisotopic (exact) mass is 286 g/mol. The standard InChI is InChI=1S/C8H19BrN2O2S/c1-4-5-11(7-6-10(2)3)14(12,13)8-9/h4-8H2,1-3H3. The lowest BCUT2D eigenvalue weighted by atomic mass is 10.4. The van der Waals surface area contributed by atoms with E-state index in [9.17, 15) is 8.42 Å². The van der Waals surface area contributed by atoms with Gasteiger partial charge in [0.2, 0.25) is 10.0 Å². The average Bonchev–Trinajstić information content (AvgIpc) is 2.11. The Labute approximate surface area is 95.4 Å². The largest absolute Gasteiger partial charge is 0.308 e.